The quantitative estimate of drug-likeness (QED) is 0.465. The highest BCUT2D eigenvalue weighted by atomic mass is 19.3. The second-order valence-electron chi connectivity index (χ2n) is 7.14. The summed E-state index contributed by atoms with van der Waals surface area (Å²) in [4.78, 5) is 28.8. The topological polar surface area (TPSA) is 136 Å². The number of hydrogen-bond acceptors (Lipinski definition) is 8. The summed E-state index contributed by atoms with van der Waals surface area (Å²) in [7, 11) is 1.60. The fourth-order valence-electron chi connectivity index (χ4n) is 2.98. The van der Waals surface area contributed by atoms with Crippen LogP contribution in [0.2, 0.25) is 0 Å². The number of anilines is 3. The zero-order chi connectivity index (χ0) is 26.0. The van der Waals surface area contributed by atoms with E-state index in [1.807, 2.05) is 0 Å². The van der Waals surface area contributed by atoms with E-state index >= 15 is 0 Å². The summed E-state index contributed by atoms with van der Waals surface area (Å²) in [5.41, 5.74) is -0.489. The van der Waals surface area contributed by atoms with E-state index in [9.17, 15) is 18.4 Å². The normalized spacial score (nSPS) is 14.7. The van der Waals surface area contributed by atoms with Crippen LogP contribution in [0.3, 0.4) is 0 Å². The lowest BCUT2D eigenvalue weighted by molar-refractivity contribution is -0.117. The van der Waals surface area contributed by atoms with Crippen LogP contribution in [-0.4, -0.2) is 50.4 Å². The molecule has 0 spiro atoms. The Kier molecular flexibility index (Phi) is 5.10. The first-order valence-electron chi connectivity index (χ1n) is 11.2. The summed E-state index contributed by atoms with van der Waals surface area (Å²) in [6, 6.07) is 5.60. The number of carbonyl (C=O) groups is 2. The maximum Gasteiger partial charge on any atom is 0.387 e. The predicted octanol–water partition coefficient (Wildman–Crippen LogP) is 2.33. The lowest BCUT2D eigenvalue weighted by atomic mass is 10.1. The molecule has 13 heteroatoms. The fourth-order valence-corrected chi connectivity index (χ4v) is 2.98. The SMILES string of the molecule is [2H]C([2H])([2H])NC(=O)c1nnc(NC(=O)C2CC2)cc1Nc1cccc(-c2ncn(C)n2)c1OC(F)F. The smallest absolute Gasteiger partial charge is 0.387 e. The van der Waals surface area contributed by atoms with Gasteiger partial charge in [0.1, 0.15) is 6.33 Å². The molecule has 11 nitrogen and oxygen atoms in total. The van der Waals surface area contributed by atoms with E-state index in [1.165, 1.54) is 35.3 Å². The van der Waals surface area contributed by atoms with Gasteiger partial charge in [-0.1, -0.05) is 6.07 Å². The van der Waals surface area contributed by atoms with Crippen molar-refractivity contribution in [3.8, 4) is 17.1 Å². The van der Waals surface area contributed by atoms with Gasteiger partial charge in [-0.25, -0.2) is 4.98 Å². The minimum absolute atomic E-state index is 0.0290. The number of aromatic nitrogens is 5. The molecule has 1 aromatic carbocycles. The molecule has 0 radical (unpaired) electrons. The van der Waals surface area contributed by atoms with Crippen molar-refractivity contribution in [3.63, 3.8) is 0 Å². The largest absolute Gasteiger partial charge is 0.432 e. The molecule has 0 aliphatic heterocycles. The van der Waals surface area contributed by atoms with E-state index in [4.69, 9.17) is 8.85 Å². The first-order valence-corrected chi connectivity index (χ1v) is 9.72. The van der Waals surface area contributed by atoms with E-state index in [0.717, 1.165) is 12.8 Å². The third-order valence-corrected chi connectivity index (χ3v) is 4.65. The van der Waals surface area contributed by atoms with Gasteiger partial charge in [0.2, 0.25) is 5.91 Å². The van der Waals surface area contributed by atoms with Crippen molar-refractivity contribution in [2.24, 2.45) is 13.0 Å². The molecule has 2 aromatic heterocycles. The number of carbonyl (C=O) groups excluding carboxylic acids is 2. The van der Waals surface area contributed by atoms with Gasteiger partial charge in [0.05, 0.1) is 16.9 Å². The predicted molar refractivity (Wildman–Crippen MR) is 113 cm³/mol. The van der Waals surface area contributed by atoms with Crippen LogP contribution in [0, 0.1) is 5.92 Å². The summed E-state index contributed by atoms with van der Waals surface area (Å²) >= 11 is 0. The lowest BCUT2D eigenvalue weighted by Crippen LogP contribution is -2.22. The molecule has 4 rings (SSSR count). The summed E-state index contributed by atoms with van der Waals surface area (Å²) < 4.78 is 54.6. The van der Waals surface area contributed by atoms with Crippen LogP contribution in [-0.2, 0) is 11.8 Å². The molecule has 0 atom stereocenters. The Balaban J connectivity index is 1.76. The molecule has 1 aliphatic rings. The monoisotopic (exact) mass is 461 g/mol. The Morgan fingerprint density at radius 3 is 2.76 bits per heavy atom. The van der Waals surface area contributed by atoms with Crippen LogP contribution in [0.1, 0.15) is 27.4 Å². The summed E-state index contributed by atoms with van der Waals surface area (Å²) in [5, 5.41) is 18.8. The zero-order valence-electron chi connectivity index (χ0n) is 20.2. The first kappa shape index (κ1) is 18.4. The van der Waals surface area contributed by atoms with E-state index in [2.05, 4.69) is 30.9 Å². The molecule has 1 fully saturated rings. The highest BCUT2D eigenvalue weighted by molar-refractivity contribution is 6.00. The number of hydrogen-bond donors (Lipinski definition) is 3. The second-order valence-corrected chi connectivity index (χ2v) is 7.14. The van der Waals surface area contributed by atoms with Crippen LogP contribution < -0.4 is 20.7 Å². The number of nitrogens with zero attached hydrogens (tertiary/aromatic N) is 5. The Bertz CT molecular complexity index is 1300. The van der Waals surface area contributed by atoms with Crippen molar-refractivity contribution in [2.45, 2.75) is 19.5 Å². The maximum atomic E-state index is 13.3. The van der Waals surface area contributed by atoms with Gasteiger partial charge in [0.15, 0.2) is 23.1 Å². The molecule has 0 bridgehead atoms. The molecule has 2 heterocycles. The molecule has 0 unspecified atom stereocenters. The molecular weight excluding hydrogens is 438 g/mol. The van der Waals surface area contributed by atoms with E-state index in [0.29, 0.717) is 0 Å². The van der Waals surface area contributed by atoms with Crippen molar-refractivity contribution < 1.29 is 27.2 Å². The number of alkyl halides is 2. The molecule has 0 saturated heterocycles. The number of para-hydroxylation sites is 1. The Morgan fingerprint density at radius 2 is 2.09 bits per heavy atom. The van der Waals surface area contributed by atoms with E-state index < -0.39 is 25.2 Å². The Morgan fingerprint density at radius 1 is 1.27 bits per heavy atom. The number of ether oxygens (including phenoxy) is 1. The van der Waals surface area contributed by atoms with Gasteiger partial charge >= 0.3 is 6.61 Å². The molecule has 3 N–H and O–H groups in total. The fraction of sp³-hybridized carbons (Fsp3) is 0.300. The van der Waals surface area contributed by atoms with Crippen LogP contribution in [0.4, 0.5) is 26.0 Å². The first-order chi connectivity index (χ1) is 17.0. The van der Waals surface area contributed by atoms with Gasteiger partial charge in [-0.15, -0.1) is 10.2 Å². The number of halogens is 2. The number of amides is 2. The number of benzene rings is 1. The van der Waals surface area contributed by atoms with Crippen LogP contribution in [0.5, 0.6) is 5.75 Å². The standard InChI is InChI=1S/C20H20F2N8O3/c1-23-19(32)15-13(8-14(27-28-15)26-18(31)10-6-7-10)25-12-5-3-4-11(16(12)33-20(21)22)17-24-9-30(2)29-17/h3-5,8-10,20H,6-7H2,1-2H3,(H,23,32)(H2,25,26,27,31)/i1D3. The van der Waals surface area contributed by atoms with E-state index in [1.54, 1.807) is 12.4 Å². The second kappa shape index (κ2) is 9.14. The third kappa shape index (κ3) is 5.02. The van der Waals surface area contributed by atoms with Crippen LogP contribution in [0.15, 0.2) is 30.6 Å². The molecule has 33 heavy (non-hydrogen) atoms. The third-order valence-electron chi connectivity index (χ3n) is 4.65. The highest BCUT2D eigenvalue weighted by Gasteiger charge is 2.30. The average Bonchev–Trinajstić information content (AvgIpc) is 3.54. The van der Waals surface area contributed by atoms with Crippen LogP contribution >= 0.6 is 0 Å². The molecule has 2 amide bonds. The number of rotatable bonds is 8. The Hall–Kier alpha value is -4.16. The minimum atomic E-state index is -3.21. The molecule has 1 saturated carbocycles. The summed E-state index contributed by atoms with van der Waals surface area (Å²) in [6.07, 6.45) is 2.83. The van der Waals surface area contributed by atoms with Gasteiger partial charge in [-0.2, -0.15) is 13.9 Å². The van der Waals surface area contributed by atoms with Crippen molar-refractivity contribution in [2.75, 3.05) is 17.6 Å². The summed E-state index contributed by atoms with van der Waals surface area (Å²) in [5.74, 6) is -1.82. The van der Waals surface area contributed by atoms with Gasteiger partial charge in [0.25, 0.3) is 5.91 Å². The maximum absolute atomic E-state index is 13.3. The highest BCUT2D eigenvalue weighted by Crippen LogP contribution is 2.38. The number of nitrogens with one attached hydrogen (secondary N) is 3. The Labute approximate surface area is 190 Å². The minimum Gasteiger partial charge on any atom is -0.432 e. The average molecular weight is 461 g/mol. The van der Waals surface area contributed by atoms with Crippen molar-refractivity contribution in [1.29, 1.82) is 0 Å². The van der Waals surface area contributed by atoms with Crippen LogP contribution in [0.25, 0.3) is 11.4 Å². The van der Waals surface area contributed by atoms with Crippen molar-refractivity contribution in [3.05, 3.63) is 36.3 Å². The van der Waals surface area contributed by atoms with Gasteiger partial charge in [-0.05, 0) is 25.0 Å². The van der Waals surface area contributed by atoms with E-state index in [-0.39, 0.29) is 46.2 Å². The van der Waals surface area contributed by atoms with Gasteiger partial charge in [-0.3, -0.25) is 14.3 Å². The van der Waals surface area contributed by atoms with Gasteiger partial charge < -0.3 is 20.7 Å². The molecule has 1 aliphatic carbocycles. The zero-order valence-corrected chi connectivity index (χ0v) is 17.2. The van der Waals surface area contributed by atoms with Crippen molar-refractivity contribution >= 4 is 29.0 Å². The number of aryl methyl sites for hydroxylation is 1. The molecule has 172 valence electrons. The molecular formula is C20H20F2N8O3. The van der Waals surface area contributed by atoms with Crippen molar-refractivity contribution in [1.82, 2.24) is 30.3 Å². The summed E-state index contributed by atoms with van der Waals surface area (Å²) in [6.45, 7) is -6.04. The molecule has 3 aromatic rings. The van der Waals surface area contributed by atoms with Gasteiger partial charge in [0, 0.05) is 30.1 Å². The lowest BCUT2D eigenvalue weighted by Gasteiger charge is -2.17.